The zero-order chi connectivity index (χ0) is 31.8. The second-order valence-corrected chi connectivity index (χ2v) is 13.5. The van der Waals surface area contributed by atoms with Crippen LogP contribution in [0.2, 0.25) is 0 Å². The number of fused-ring (bicyclic) bond motifs is 2. The molecule has 2 aliphatic heterocycles. The third-order valence-corrected chi connectivity index (χ3v) is 8.98. The van der Waals surface area contributed by atoms with E-state index in [-0.39, 0.29) is 30.5 Å². The summed E-state index contributed by atoms with van der Waals surface area (Å²) in [4.78, 5) is 39.0. The summed E-state index contributed by atoms with van der Waals surface area (Å²) >= 11 is 0. The van der Waals surface area contributed by atoms with Crippen molar-refractivity contribution in [3.63, 3.8) is 0 Å². The normalized spacial score (nSPS) is 17.1. The largest absolute Gasteiger partial charge is 0.444 e. The maximum Gasteiger partial charge on any atom is 0.410 e. The summed E-state index contributed by atoms with van der Waals surface area (Å²) in [5.41, 5.74) is 6.56. The molecule has 5 heterocycles. The number of benzene rings is 1. The van der Waals surface area contributed by atoms with Gasteiger partial charge in [-0.15, -0.1) is 0 Å². The van der Waals surface area contributed by atoms with Crippen LogP contribution in [0.4, 0.5) is 10.7 Å². The summed E-state index contributed by atoms with van der Waals surface area (Å²) in [5.74, 6) is 0.670. The second-order valence-electron chi connectivity index (χ2n) is 13.5. The number of H-pyrrole nitrogens is 1. The number of hydrogen-bond donors (Lipinski definition) is 2. The van der Waals surface area contributed by atoms with Crippen LogP contribution in [0.3, 0.4) is 0 Å². The lowest BCUT2D eigenvalue weighted by atomic mass is 9.90. The van der Waals surface area contributed by atoms with Crippen LogP contribution in [0, 0.1) is 0 Å². The van der Waals surface area contributed by atoms with Crippen LogP contribution in [0.1, 0.15) is 67.7 Å². The van der Waals surface area contributed by atoms with Crippen molar-refractivity contribution in [2.75, 3.05) is 25.0 Å². The van der Waals surface area contributed by atoms with Crippen LogP contribution in [0.15, 0.2) is 42.9 Å². The fraction of sp³-hybridized carbons (Fsp3) is 0.485. The number of hydrogen-bond acceptors (Lipinski definition) is 9. The van der Waals surface area contributed by atoms with Gasteiger partial charge in [-0.25, -0.2) is 14.8 Å². The number of rotatable bonds is 6. The number of anilines is 1. The fourth-order valence-electron chi connectivity index (χ4n) is 6.64. The van der Waals surface area contributed by atoms with Gasteiger partial charge in [0.2, 0.25) is 11.9 Å². The Bertz CT molecular complexity index is 1690. The number of ether oxygens (including phenoxy) is 1. The van der Waals surface area contributed by atoms with E-state index in [0.29, 0.717) is 38.5 Å². The van der Waals surface area contributed by atoms with Gasteiger partial charge in [-0.1, -0.05) is 24.3 Å². The van der Waals surface area contributed by atoms with Gasteiger partial charge >= 0.3 is 6.09 Å². The van der Waals surface area contributed by atoms with E-state index in [9.17, 15) is 9.59 Å². The van der Waals surface area contributed by atoms with E-state index in [4.69, 9.17) is 9.84 Å². The predicted octanol–water partition coefficient (Wildman–Crippen LogP) is 3.74. The molecule has 0 saturated carbocycles. The standard InChI is InChI=1S/C33H40N10O3/c1-33(2,3)46-32(45)41-11-8-21(9-12-41)30-26(18-43(39-30)20-29(44)42-13-10-27-28(19-42)38-40-37-27)24-16-34-31(35-17-24)36-25-14-22-6-4-5-7-23(22)15-25/h4-7,16-18,21,25H,8-15,19-20H2,1-3H3,(H,34,35,36)(H,37,38,40). The Labute approximate surface area is 267 Å². The summed E-state index contributed by atoms with van der Waals surface area (Å²) in [5, 5.41) is 19.5. The number of piperidine rings is 1. The summed E-state index contributed by atoms with van der Waals surface area (Å²) in [6.07, 6.45) is 9.34. The zero-order valence-electron chi connectivity index (χ0n) is 26.6. The van der Waals surface area contributed by atoms with Crippen molar-refractivity contribution in [1.29, 1.82) is 0 Å². The van der Waals surface area contributed by atoms with Crippen LogP contribution in [0.25, 0.3) is 11.1 Å². The highest BCUT2D eigenvalue weighted by molar-refractivity contribution is 5.76. The van der Waals surface area contributed by atoms with E-state index >= 15 is 0 Å². The minimum Gasteiger partial charge on any atom is -0.444 e. The first kappa shape index (κ1) is 29.9. The Morgan fingerprint density at radius 3 is 2.37 bits per heavy atom. The number of carbonyl (C=O) groups is 2. The van der Waals surface area contributed by atoms with Crippen LogP contribution >= 0.6 is 0 Å². The highest BCUT2D eigenvalue weighted by Crippen LogP contribution is 2.35. The van der Waals surface area contributed by atoms with Crippen LogP contribution in [-0.2, 0) is 41.9 Å². The third-order valence-electron chi connectivity index (χ3n) is 8.98. The molecule has 13 nitrogen and oxygen atoms in total. The summed E-state index contributed by atoms with van der Waals surface area (Å²) in [6, 6.07) is 8.78. The molecular formula is C33H40N10O3. The maximum absolute atomic E-state index is 13.4. The first-order valence-electron chi connectivity index (χ1n) is 16.1. The van der Waals surface area contributed by atoms with Gasteiger partial charge in [0.1, 0.15) is 17.8 Å². The Balaban J connectivity index is 1.08. The summed E-state index contributed by atoms with van der Waals surface area (Å²) in [6.45, 7) is 7.91. The molecular weight excluding hydrogens is 584 g/mol. The van der Waals surface area contributed by atoms with Gasteiger partial charge in [-0.3, -0.25) is 9.48 Å². The molecule has 1 saturated heterocycles. The molecule has 1 fully saturated rings. The van der Waals surface area contributed by atoms with Gasteiger partial charge in [0.25, 0.3) is 0 Å². The average Bonchev–Trinajstić information content (AvgIpc) is 3.78. The molecule has 0 spiro atoms. The Kier molecular flexibility index (Phi) is 7.91. The molecule has 1 aliphatic carbocycles. The maximum atomic E-state index is 13.4. The smallest absolute Gasteiger partial charge is 0.410 e. The zero-order valence-corrected chi connectivity index (χ0v) is 26.6. The highest BCUT2D eigenvalue weighted by Gasteiger charge is 2.31. The third kappa shape index (κ3) is 6.44. The molecule has 3 aromatic heterocycles. The first-order valence-corrected chi connectivity index (χ1v) is 16.1. The molecule has 7 rings (SSSR count). The van der Waals surface area contributed by atoms with Gasteiger partial charge in [-0.05, 0) is 57.6 Å². The van der Waals surface area contributed by atoms with Crippen LogP contribution in [-0.4, -0.2) is 88.2 Å². The van der Waals surface area contributed by atoms with Gasteiger partial charge in [0, 0.05) is 67.7 Å². The molecule has 2 amide bonds. The molecule has 3 aliphatic rings. The molecule has 4 aromatic rings. The summed E-state index contributed by atoms with van der Waals surface area (Å²) in [7, 11) is 0. The molecule has 13 heteroatoms. The monoisotopic (exact) mass is 624 g/mol. The van der Waals surface area contributed by atoms with Crippen molar-refractivity contribution in [2.45, 2.75) is 83.5 Å². The number of nitrogens with zero attached hydrogens (tertiary/aromatic N) is 8. The van der Waals surface area contributed by atoms with Crippen LogP contribution < -0.4 is 5.32 Å². The van der Waals surface area contributed by atoms with E-state index in [0.717, 1.165) is 53.9 Å². The van der Waals surface area contributed by atoms with Gasteiger partial charge in [0.15, 0.2) is 0 Å². The van der Waals surface area contributed by atoms with E-state index < -0.39 is 5.60 Å². The van der Waals surface area contributed by atoms with Gasteiger partial charge < -0.3 is 19.9 Å². The average molecular weight is 625 g/mol. The van der Waals surface area contributed by atoms with Crippen molar-refractivity contribution in [1.82, 2.24) is 45.0 Å². The number of nitrogens with one attached hydrogen (secondary N) is 2. The second kappa shape index (κ2) is 12.2. The molecule has 1 aromatic carbocycles. The number of aromatic nitrogens is 7. The van der Waals surface area contributed by atoms with E-state index in [2.05, 4.69) is 55.0 Å². The Hall–Kier alpha value is -4.81. The van der Waals surface area contributed by atoms with E-state index in [1.54, 1.807) is 14.5 Å². The summed E-state index contributed by atoms with van der Waals surface area (Å²) < 4.78 is 7.33. The van der Waals surface area contributed by atoms with Crippen molar-refractivity contribution in [2.24, 2.45) is 0 Å². The topological polar surface area (TPSA) is 147 Å². The number of carbonyl (C=O) groups excluding carboxylic acids is 2. The molecule has 240 valence electrons. The van der Waals surface area contributed by atoms with E-state index in [1.165, 1.54) is 11.1 Å². The lowest BCUT2D eigenvalue weighted by molar-refractivity contribution is -0.133. The van der Waals surface area contributed by atoms with Gasteiger partial charge in [-0.2, -0.15) is 20.5 Å². The van der Waals surface area contributed by atoms with Crippen molar-refractivity contribution < 1.29 is 14.3 Å². The molecule has 0 atom stereocenters. The predicted molar refractivity (Wildman–Crippen MR) is 170 cm³/mol. The lowest BCUT2D eigenvalue weighted by Crippen LogP contribution is -2.41. The minimum atomic E-state index is -0.543. The van der Waals surface area contributed by atoms with Gasteiger partial charge in [0.05, 0.1) is 17.9 Å². The molecule has 2 N–H and O–H groups in total. The fourth-order valence-corrected chi connectivity index (χ4v) is 6.64. The number of likely N-dealkylation sites (tertiary alicyclic amines) is 1. The Morgan fingerprint density at radius 2 is 1.67 bits per heavy atom. The highest BCUT2D eigenvalue weighted by atomic mass is 16.6. The van der Waals surface area contributed by atoms with Crippen LogP contribution in [0.5, 0.6) is 0 Å². The van der Waals surface area contributed by atoms with Crippen molar-refractivity contribution in [3.8, 4) is 11.1 Å². The van der Waals surface area contributed by atoms with Crippen molar-refractivity contribution in [3.05, 3.63) is 71.1 Å². The quantitative estimate of drug-likeness (QED) is 0.327. The molecule has 46 heavy (non-hydrogen) atoms. The minimum absolute atomic E-state index is 0.0256. The van der Waals surface area contributed by atoms with Crippen molar-refractivity contribution >= 4 is 17.9 Å². The SMILES string of the molecule is CC(C)(C)OC(=O)N1CCC(c2nn(CC(=O)N3CCc4n[nH]nc4C3)cc2-c2cnc(NC3Cc4ccccc4C3)nc2)CC1. The molecule has 0 bridgehead atoms. The Morgan fingerprint density at radius 1 is 0.978 bits per heavy atom. The van der Waals surface area contributed by atoms with E-state index in [1.807, 2.05) is 39.4 Å². The number of aromatic amines is 1. The molecule has 0 radical (unpaired) electrons. The molecule has 0 unspecified atom stereocenters. The number of amides is 2. The lowest BCUT2D eigenvalue weighted by Gasteiger charge is -2.33. The first-order chi connectivity index (χ1) is 22.2.